The SMILES string of the molecule is COc1ccc(C)cc1CC(O)CCSC. The molecule has 0 aromatic heterocycles. The molecule has 0 heterocycles. The molecule has 2 nitrogen and oxygen atoms in total. The highest BCUT2D eigenvalue weighted by atomic mass is 32.2. The second kappa shape index (κ2) is 6.81. The molecular weight excluding hydrogens is 220 g/mol. The molecule has 1 unspecified atom stereocenters. The van der Waals surface area contributed by atoms with Gasteiger partial charge in [0.25, 0.3) is 0 Å². The average molecular weight is 240 g/mol. The van der Waals surface area contributed by atoms with Gasteiger partial charge in [0.1, 0.15) is 5.75 Å². The molecule has 1 aromatic carbocycles. The Bertz CT molecular complexity index is 326. The number of aryl methyl sites for hydroxylation is 1. The van der Waals surface area contributed by atoms with Gasteiger partial charge in [0.15, 0.2) is 0 Å². The second-order valence-electron chi connectivity index (χ2n) is 3.95. The Morgan fingerprint density at radius 3 is 2.81 bits per heavy atom. The summed E-state index contributed by atoms with van der Waals surface area (Å²) in [6.45, 7) is 2.05. The van der Waals surface area contributed by atoms with Crippen LogP contribution in [-0.4, -0.2) is 30.3 Å². The van der Waals surface area contributed by atoms with Crippen LogP contribution >= 0.6 is 11.8 Å². The summed E-state index contributed by atoms with van der Waals surface area (Å²) < 4.78 is 5.29. The molecule has 0 saturated carbocycles. The van der Waals surface area contributed by atoms with Gasteiger partial charge in [-0.25, -0.2) is 0 Å². The summed E-state index contributed by atoms with van der Waals surface area (Å²) in [4.78, 5) is 0. The molecule has 1 aromatic rings. The van der Waals surface area contributed by atoms with Gasteiger partial charge in [-0.15, -0.1) is 0 Å². The van der Waals surface area contributed by atoms with Crippen LogP contribution in [0.3, 0.4) is 0 Å². The Balaban J connectivity index is 2.67. The van der Waals surface area contributed by atoms with Gasteiger partial charge in [-0.05, 0) is 37.0 Å². The van der Waals surface area contributed by atoms with E-state index in [4.69, 9.17) is 4.74 Å². The number of rotatable bonds is 6. The van der Waals surface area contributed by atoms with E-state index in [0.29, 0.717) is 6.42 Å². The van der Waals surface area contributed by atoms with Gasteiger partial charge in [-0.2, -0.15) is 11.8 Å². The zero-order valence-corrected chi connectivity index (χ0v) is 11.0. The topological polar surface area (TPSA) is 29.5 Å². The molecule has 1 N–H and O–H groups in total. The summed E-state index contributed by atoms with van der Waals surface area (Å²) in [5, 5.41) is 9.88. The van der Waals surface area contributed by atoms with E-state index in [1.165, 1.54) is 5.56 Å². The first kappa shape index (κ1) is 13.4. The van der Waals surface area contributed by atoms with E-state index in [1.807, 2.05) is 12.1 Å². The van der Waals surface area contributed by atoms with Gasteiger partial charge in [-0.3, -0.25) is 0 Å². The Morgan fingerprint density at radius 2 is 2.19 bits per heavy atom. The summed E-state index contributed by atoms with van der Waals surface area (Å²) >= 11 is 1.76. The number of benzene rings is 1. The van der Waals surface area contributed by atoms with Crippen molar-refractivity contribution in [1.82, 2.24) is 0 Å². The molecule has 0 bridgehead atoms. The molecule has 90 valence electrons. The van der Waals surface area contributed by atoms with E-state index >= 15 is 0 Å². The first-order valence-corrected chi connectivity index (χ1v) is 6.87. The summed E-state index contributed by atoms with van der Waals surface area (Å²) in [6.07, 6.45) is 3.28. The molecule has 0 fully saturated rings. The number of aliphatic hydroxyl groups excluding tert-OH is 1. The lowest BCUT2D eigenvalue weighted by molar-refractivity contribution is 0.171. The highest BCUT2D eigenvalue weighted by Crippen LogP contribution is 2.22. The van der Waals surface area contributed by atoms with Crippen LogP contribution in [0.1, 0.15) is 17.5 Å². The van der Waals surface area contributed by atoms with E-state index in [-0.39, 0.29) is 6.10 Å². The predicted octanol–water partition coefficient (Wildman–Crippen LogP) is 2.66. The molecule has 0 amide bonds. The summed E-state index contributed by atoms with van der Waals surface area (Å²) in [5.41, 5.74) is 2.30. The van der Waals surface area contributed by atoms with Crippen LogP contribution in [0.15, 0.2) is 18.2 Å². The molecule has 0 aliphatic carbocycles. The number of aliphatic hydroxyl groups is 1. The smallest absolute Gasteiger partial charge is 0.122 e. The number of thioether (sulfide) groups is 1. The minimum Gasteiger partial charge on any atom is -0.496 e. The lowest BCUT2D eigenvalue weighted by atomic mass is 10.0. The largest absolute Gasteiger partial charge is 0.496 e. The van der Waals surface area contributed by atoms with Crippen molar-refractivity contribution in [3.8, 4) is 5.75 Å². The van der Waals surface area contributed by atoms with Crippen molar-refractivity contribution in [2.75, 3.05) is 19.1 Å². The number of ether oxygens (including phenoxy) is 1. The third-order valence-electron chi connectivity index (χ3n) is 2.55. The van der Waals surface area contributed by atoms with Crippen molar-refractivity contribution in [3.63, 3.8) is 0 Å². The molecule has 0 radical (unpaired) electrons. The molecule has 16 heavy (non-hydrogen) atoms. The maximum Gasteiger partial charge on any atom is 0.122 e. The monoisotopic (exact) mass is 240 g/mol. The van der Waals surface area contributed by atoms with Crippen LogP contribution in [0.4, 0.5) is 0 Å². The lowest BCUT2D eigenvalue weighted by Crippen LogP contribution is -2.12. The third-order valence-corrected chi connectivity index (χ3v) is 3.19. The Labute approximate surface area is 102 Å². The van der Waals surface area contributed by atoms with E-state index in [9.17, 15) is 5.11 Å². The number of methoxy groups -OCH3 is 1. The zero-order valence-electron chi connectivity index (χ0n) is 10.2. The van der Waals surface area contributed by atoms with Crippen molar-refractivity contribution in [3.05, 3.63) is 29.3 Å². The summed E-state index contributed by atoms with van der Waals surface area (Å²) in [7, 11) is 1.67. The fourth-order valence-electron chi connectivity index (χ4n) is 1.68. The maximum atomic E-state index is 9.88. The lowest BCUT2D eigenvalue weighted by Gasteiger charge is -2.13. The molecule has 3 heteroatoms. The first-order chi connectivity index (χ1) is 7.67. The van der Waals surface area contributed by atoms with Gasteiger partial charge in [0.2, 0.25) is 0 Å². The van der Waals surface area contributed by atoms with Crippen LogP contribution in [0.5, 0.6) is 5.75 Å². The fraction of sp³-hybridized carbons (Fsp3) is 0.538. The standard InChI is InChI=1S/C13H20O2S/c1-10-4-5-13(15-2)11(8-10)9-12(14)6-7-16-3/h4-5,8,12,14H,6-7,9H2,1-3H3. The van der Waals surface area contributed by atoms with Crippen LogP contribution in [-0.2, 0) is 6.42 Å². The molecular formula is C13H20O2S. The van der Waals surface area contributed by atoms with E-state index in [2.05, 4.69) is 19.2 Å². The Hall–Kier alpha value is -0.670. The molecule has 0 aliphatic heterocycles. The minimum atomic E-state index is -0.275. The highest BCUT2D eigenvalue weighted by molar-refractivity contribution is 7.98. The molecule has 1 rings (SSSR count). The molecule has 0 saturated heterocycles. The van der Waals surface area contributed by atoms with Crippen molar-refractivity contribution in [1.29, 1.82) is 0 Å². The van der Waals surface area contributed by atoms with E-state index in [0.717, 1.165) is 23.5 Å². The van der Waals surface area contributed by atoms with Gasteiger partial charge in [0, 0.05) is 6.42 Å². The molecule has 0 spiro atoms. The third kappa shape index (κ3) is 4.06. The fourth-order valence-corrected chi connectivity index (χ4v) is 2.18. The van der Waals surface area contributed by atoms with Crippen molar-refractivity contribution in [2.24, 2.45) is 0 Å². The van der Waals surface area contributed by atoms with Gasteiger partial charge < -0.3 is 9.84 Å². The Morgan fingerprint density at radius 1 is 1.44 bits per heavy atom. The van der Waals surface area contributed by atoms with Crippen LogP contribution in [0.2, 0.25) is 0 Å². The van der Waals surface area contributed by atoms with Gasteiger partial charge in [0.05, 0.1) is 13.2 Å². The quantitative estimate of drug-likeness (QED) is 0.829. The summed E-state index contributed by atoms with van der Waals surface area (Å²) in [5.74, 6) is 1.86. The van der Waals surface area contributed by atoms with Crippen molar-refractivity contribution < 1.29 is 9.84 Å². The van der Waals surface area contributed by atoms with Gasteiger partial charge >= 0.3 is 0 Å². The maximum absolute atomic E-state index is 9.88. The molecule has 0 aliphatic rings. The van der Waals surface area contributed by atoms with E-state index in [1.54, 1.807) is 18.9 Å². The number of hydrogen-bond donors (Lipinski definition) is 1. The van der Waals surface area contributed by atoms with Crippen LogP contribution < -0.4 is 4.74 Å². The molecule has 1 atom stereocenters. The van der Waals surface area contributed by atoms with Gasteiger partial charge in [-0.1, -0.05) is 17.7 Å². The highest BCUT2D eigenvalue weighted by Gasteiger charge is 2.09. The van der Waals surface area contributed by atoms with Crippen LogP contribution in [0, 0.1) is 6.92 Å². The second-order valence-corrected chi connectivity index (χ2v) is 4.94. The zero-order chi connectivity index (χ0) is 12.0. The predicted molar refractivity (Wildman–Crippen MR) is 70.4 cm³/mol. The normalized spacial score (nSPS) is 12.5. The van der Waals surface area contributed by atoms with Crippen molar-refractivity contribution in [2.45, 2.75) is 25.9 Å². The van der Waals surface area contributed by atoms with Crippen LogP contribution in [0.25, 0.3) is 0 Å². The summed E-state index contributed by atoms with van der Waals surface area (Å²) in [6, 6.07) is 6.07. The first-order valence-electron chi connectivity index (χ1n) is 5.48. The Kier molecular flexibility index (Phi) is 5.71. The van der Waals surface area contributed by atoms with E-state index < -0.39 is 0 Å². The minimum absolute atomic E-state index is 0.275. The van der Waals surface area contributed by atoms with Crippen molar-refractivity contribution >= 4 is 11.8 Å². The average Bonchev–Trinajstić information content (AvgIpc) is 2.27. The number of hydrogen-bond acceptors (Lipinski definition) is 3.